The first-order valence-electron chi connectivity index (χ1n) is 9.74. The molecule has 1 aliphatic carbocycles. The highest BCUT2D eigenvalue weighted by atomic mass is 16.5. The third kappa shape index (κ3) is 4.31. The zero-order valence-electron chi connectivity index (χ0n) is 16.3. The lowest BCUT2D eigenvalue weighted by molar-refractivity contribution is -0.158. The molecule has 3 rings (SSSR count). The molecule has 6 heteroatoms. The van der Waals surface area contributed by atoms with Crippen LogP contribution in [0.2, 0.25) is 0 Å². The molecular weight excluding hydrogens is 344 g/mol. The summed E-state index contributed by atoms with van der Waals surface area (Å²) in [6.07, 6.45) is 3.48. The Balaban J connectivity index is 1.58. The number of nitrogens with one attached hydrogen (secondary N) is 1. The Morgan fingerprint density at radius 3 is 2.63 bits per heavy atom. The van der Waals surface area contributed by atoms with E-state index >= 15 is 0 Å². The summed E-state index contributed by atoms with van der Waals surface area (Å²) in [6, 6.07) is 5.99. The second-order valence-electron chi connectivity index (χ2n) is 7.69. The van der Waals surface area contributed by atoms with Gasteiger partial charge in [-0.15, -0.1) is 0 Å². The molecule has 1 aromatic carbocycles. The van der Waals surface area contributed by atoms with E-state index in [9.17, 15) is 14.4 Å². The molecule has 2 atom stereocenters. The van der Waals surface area contributed by atoms with Crippen LogP contribution in [-0.4, -0.2) is 36.5 Å². The second kappa shape index (κ2) is 8.11. The van der Waals surface area contributed by atoms with Gasteiger partial charge in [0.05, 0.1) is 5.92 Å². The van der Waals surface area contributed by atoms with Crippen LogP contribution in [0.25, 0.3) is 0 Å². The molecular formula is C21H28N2O4. The lowest BCUT2D eigenvalue weighted by Crippen LogP contribution is -2.41. The minimum absolute atomic E-state index is 0.0892. The molecule has 1 saturated carbocycles. The Morgan fingerprint density at radius 2 is 1.93 bits per heavy atom. The predicted octanol–water partition coefficient (Wildman–Crippen LogP) is 2.65. The first-order chi connectivity index (χ1) is 12.9. The van der Waals surface area contributed by atoms with Crippen molar-refractivity contribution in [1.82, 2.24) is 5.32 Å². The number of anilines is 1. The van der Waals surface area contributed by atoms with E-state index in [0.29, 0.717) is 6.54 Å². The van der Waals surface area contributed by atoms with Crippen LogP contribution >= 0.6 is 0 Å². The monoisotopic (exact) mass is 372 g/mol. The van der Waals surface area contributed by atoms with Crippen molar-refractivity contribution >= 4 is 23.5 Å². The number of aryl methyl sites for hydroxylation is 1. The summed E-state index contributed by atoms with van der Waals surface area (Å²) in [5.41, 5.74) is 2.97. The zero-order chi connectivity index (χ0) is 19.6. The predicted molar refractivity (Wildman–Crippen MR) is 102 cm³/mol. The number of rotatable bonds is 5. The molecule has 1 saturated heterocycles. The molecule has 2 amide bonds. The van der Waals surface area contributed by atoms with Gasteiger partial charge >= 0.3 is 5.97 Å². The summed E-state index contributed by atoms with van der Waals surface area (Å²) in [7, 11) is 0. The number of carbonyl (C=O) groups is 3. The van der Waals surface area contributed by atoms with Crippen molar-refractivity contribution in [1.29, 1.82) is 0 Å². The Kier molecular flexibility index (Phi) is 5.82. The molecule has 2 fully saturated rings. The summed E-state index contributed by atoms with van der Waals surface area (Å²) in [5, 5.41) is 2.94. The van der Waals surface area contributed by atoms with Gasteiger partial charge in [0.1, 0.15) is 0 Å². The Labute approximate surface area is 160 Å². The van der Waals surface area contributed by atoms with Crippen molar-refractivity contribution in [3.63, 3.8) is 0 Å². The Bertz CT molecular complexity index is 740. The minimum atomic E-state index is -0.844. The summed E-state index contributed by atoms with van der Waals surface area (Å²) >= 11 is 0. The van der Waals surface area contributed by atoms with E-state index in [2.05, 4.69) is 5.32 Å². The molecule has 1 aliphatic heterocycles. The molecule has 0 spiro atoms. The maximum atomic E-state index is 12.5. The van der Waals surface area contributed by atoms with E-state index < -0.39 is 18.0 Å². The van der Waals surface area contributed by atoms with Crippen LogP contribution in [0.15, 0.2) is 18.2 Å². The van der Waals surface area contributed by atoms with E-state index in [4.69, 9.17) is 4.74 Å². The van der Waals surface area contributed by atoms with Gasteiger partial charge in [0.25, 0.3) is 5.91 Å². The van der Waals surface area contributed by atoms with Crippen LogP contribution in [0.1, 0.15) is 50.2 Å². The fourth-order valence-corrected chi connectivity index (χ4v) is 3.84. The van der Waals surface area contributed by atoms with Crippen LogP contribution in [0.5, 0.6) is 0 Å². The standard InChI is InChI=1S/C21H28N2O4/c1-13-7-6-10-18(14(13)2)23-12-16(11-19(23)24)21(26)27-15(3)20(25)22-17-8-4-5-9-17/h6-7,10,15-17H,4-5,8-9,11-12H2,1-3H3,(H,22,25)/t15-,16-/m1/s1. The maximum Gasteiger partial charge on any atom is 0.312 e. The van der Waals surface area contributed by atoms with Crippen molar-refractivity contribution in [3.8, 4) is 0 Å². The second-order valence-corrected chi connectivity index (χ2v) is 7.69. The average molecular weight is 372 g/mol. The van der Waals surface area contributed by atoms with E-state index in [-0.39, 0.29) is 24.3 Å². The number of hydrogen-bond acceptors (Lipinski definition) is 4. The molecule has 6 nitrogen and oxygen atoms in total. The smallest absolute Gasteiger partial charge is 0.312 e. The highest BCUT2D eigenvalue weighted by molar-refractivity contribution is 6.00. The van der Waals surface area contributed by atoms with Gasteiger partial charge in [0.2, 0.25) is 5.91 Å². The number of carbonyl (C=O) groups excluding carboxylic acids is 3. The first-order valence-corrected chi connectivity index (χ1v) is 9.74. The molecule has 1 heterocycles. The van der Waals surface area contributed by atoms with Gasteiger partial charge < -0.3 is 15.0 Å². The van der Waals surface area contributed by atoms with Gasteiger partial charge in [-0.3, -0.25) is 14.4 Å². The summed E-state index contributed by atoms with van der Waals surface area (Å²) in [4.78, 5) is 38.8. The normalized spacial score (nSPS) is 21.4. The maximum absolute atomic E-state index is 12.5. The minimum Gasteiger partial charge on any atom is -0.452 e. The van der Waals surface area contributed by atoms with Gasteiger partial charge in [-0.1, -0.05) is 25.0 Å². The summed E-state index contributed by atoms with van der Waals surface area (Å²) < 4.78 is 5.36. The average Bonchev–Trinajstić information content (AvgIpc) is 3.27. The number of hydrogen-bond donors (Lipinski definition) is 1. The van der Waals surface area contributed by atoms with Crippen molar-refractivity contribution in [2.75, 3.05) is 11.4 Å². The third-order valence-corrected chi connectivity index (χ3v) is 5.69. The molecule has 27 heavy (non-hydrogen) atoms. The lowest BCUT2D eigenvalue weighted by Gasteiger charge is -2.21. The van der Waals surface area contributed by atoms with E-state index in [0.717, 1.165) is 42.5 Å². The van der Waals surface area contributed by atoms with E-state index in [1.807, 2.05) is 32.0 Å². The van der Waals surface area contributed by atoms with Crippen molar-refractivity contribution < 1.29 is 19.1 Å². The van der Waals surface area contributed by atoms with Gasteiger partial charge in [-0.25, -0.2) is 0 Å². The zero-order valence-corrected chi connectivity index (χ0v) is 16.3. The fourth-order valence-electron chi connectivity index (χ4n) is 3.84. The van der Waals surface area contributed by atoms with Crippen LogP contribution < -0.4 is 10.2 Å². The molecule has 2 aliphatic rings. The largest absolute Gasteiger partial charge is 0.452 e. The summed E-state index contributed by atoms with van der Waals surface area (Å²) in [5.74, 6) is -1.37. The van der Waals surface area contributed by atoms with Crippen molar-refractivity contribution in [3.05, 3.63) is 29.3 Å². The van der Waals surface area contributed by atoms with Crippen molar-refractivity contribution in [2.45, 2.75) is 65.0 Å². The van der Waals surface area contributed by atoms with Crippen LogP contribution in [-0.2, 0) is 19.1 Å². The SMILES string of the molecule is Cc1cccc(N2C[C@H](C(=O)O[C@H](C)C(=O)NC3CCCC3)CC2=O)c1C. The highest BCUT2D eigenvalue weighted by Gasteiger charge is 2.38. The van der Waals surface area contributed by atoms with E-state index in [1.54, 1.807) is 11.8 Å². The summed E-state index contributed by atoms with van der Waals surface area (Å²) in [6.45, 7) is 5.84. The molecule has 0 radical (unpaired) electrons. The lowest BCUT2D eigenvalue weighted by atomic mass is 10.1. The number of benzene rings is 1. The number of nitrogens with zero attached hydrogens (tertiary/aromatic N) is 1. The Morgan fingerprint density at radius 1 is 1.22 bits per heavy atom. The Hall–Kier alpha value is -2.37. The quantitative estimate of drug-likeness (QED) is 0.806. The number of ether oxygens (including phenoxy) is 1. The van der Waals surface area contributed by atoms with Crippen LogP contribution in [0, 0.1) is 19.8 Å². The van der Waals surface area contributed by atoms with Gasteiger partial charge in [0.15, 0.2) is 6.10 Å². The number of amides is 2. The van der Waals surface area contributed by atoms with Crippen molar-refractivity contribution in [2.24, 2.45) is 5.92 Å². The number of esters is 1. The molecule has 0 bridgehead atoms. The fraction of sp³-hybridized carbons (Fsp3) is 0.571. The highest BCUT2D eigenvalue weighted by Crippen LogP contribution is 2.30. The topological polar surface area (TPSA) is 75.7 Å². The van der Waals surface area contributed by atoms with Crippen LogP contribution in [0.3, 0.4) is 0 Å². The molecule has 0 unspecified atom stereocenters. The van der Waals surface area contributed by atoms with Gasteiger partial charge in [-0.05, 0) is 50.8 Å². The first kappa shape index (κ1) is 19.4. The molecule has 0 aromatic heterocycles. The molecule has 1 N–H and O–H groups in total. The third-order valence-electron chi connectivity index (χ3n) is 5.69. The molecule has 146 valence electrons. The van der Waals surface area contributed by atoms with Crippen LogP contribution in [0.4, 0.5) is 5.69 Å². The molecule has 1 aromatic rings. The van der Waals surface area contributed by atoms with Gasteiger partial charge in [-0.2, -0.15) is 0 Å². The van der Waals surface area contributed by atoms with E-state index in [1.165, 1.54) is 0 Å². The van der Waals surface area contributed by atoms with Gasteiger partial charge in [0, 0.05) is 24.7 Å².